The molecule has 1 atom stereocenters. The summed E-state index contributed by atoms with van der Waals surface area (Å²) in [5.41, 5.74) is 12.1. The highest BCUT2D eigenvalue weighted by molar-refractivity contribution is 5.46. The first kappa shape index (κ1) is 11.7. The van der Waals surface area contributed by atoms with Crippen molar-refractivity contribution in [2.75, 3.05) is 6.54 Å². The molecule has 0 bridgehead atoms. The van der Waals surface area contributed by atoms with Crippen LogP contribution in [0.1, 0.15) is 54.9 Å². The van der Waals surface area contributed by atoms with Crippen LogP contribution >= 0.6 is 0 Å². The number of aryl methyl sites for hydroxylation is 2. The minimum Gasteiger partial charge on any atom is -0.330 e. The molecular formula is C15H23N. The first-order valence-electron chi connectivity index (χ1n) is 6.27. The second-order valence-corrected chi connectivity index (χ2v) is 5.90. The zero-order valence-electron chi connectivity index (χ0n) is 10.9. The van der Waals surface area contributed by atoms with Gasteiger partial charge in [0.15, 0.2) is 0 Å². The average molecular weight is 217 g/mol. The van der Waals surface area contributed by atoms with E-state index in [1.54, 1.807) is 5.56 Å². The Morgan fingerprint density at radius 3 is 2.62 bits per heavy atom. The van der Waals surface area contributed by atoms with Gasteiger partial charge < -0.3 is 5.73 Å². The third-order valence-corrected chi connectivity index (χ3v) is 4.03. The highest BCUT2D eigenvalue weighted by atomic mass is 14.6. The summed E-state index contributed by atoms with van der Waals surface area (Å²) < 4.78 is 0. The second-order valence-electron chi connectivity index (χ2n) is 5.90. The van der Waals surface area contributed by atoms with Crippen LogP contribution in [-0.4, -0.2) is 6.54 Å². The van der Waals surface area contributed by atoms with Crippen molar-refractivity contribution in [3.05, 3.63) is 34.4 Å². The first-order valence-corrected chi connectivity index (χ1v) is 6.27. The molecule has 2 N–H and O–H groups in total. The van der Waals surface area contributed by atoms with E-state index in [1.807, 2.05) is 0 Å². The van der Waals surface area contributed by atoms with E-state index in [0.717, 1.165) is 6.54 Å². The summed E-state index contributed by atoms with van der Waals surface area (Å²) in [7, 11) is 0. The van der Waals surface area contributed by atoms with Gasteiger partial charge >= 0.3 is 0 Å². The topological polar surface area (TPSA) is 26.0 Å². The van der Waals surface area contributed by atoms with Gasteiger partial charge in [-0.15, -0.1) is 0 Å². The van der Waals surface area contributed by atoms with E-state index in [-0.39, 0.29) is 0 Å². The molecule has 0 saturated heterocycles. The molecule has 2 rings (SSSR count). The molecular weight excluding hydrogens is 194 g/mol. The predicted molar refractivity (Wildman–Crippen MR) is 70.0 cm³/mol. The summed E-state index contributed by atoms with van der Waals surface area (Å²) in [4.78, 5) is 0. The van der Waals surface area contributed by atoms with Gasteiger partial charge in [0, 0.05) is 0 Å². The average Bonchev–Trinajstić information content (AvgIpc) is 2.15. The maximum absolute atomic E-state index is 5.91. The fourth-order valence-electron chi connectivity index (χ4n) is 3.31. The van der Waals surface area contributed by atoms with E-state index in [1.165, 1.54) is 29.5 Å². The van der Waals surface area contributed by atoms with Gasteiger partial charge in [-0.3, -0.25) is 0 Å². The highest BCUT2D eigenvalue weighted by Crippen LogP contribution is 2.44. The van der Waals surface area contributed by atoms with E-state index in [4.69, 9.17) is 5.73 Å². The summed E-state index contributed by atoms with van der Waals surface area (Å²) in [6.45, 7) is 9.93. The van der Waals surface area contributed by atoms with Gasteiger partial charge in [-0.25, -0.2) is 0 Å². The van der Waals surface area contributed by atoms with Crippen LogP contribution < -0.4 is 5.73 Å². The molecule has 1 aliphatic carbocycles. The van der Waals surface area contributed by atoms with Gasteiger partial charge in [-0.2, -0.15) is 0 Å². The molecule has 1 aromatic rings. The number of fused-ring (bicyclic) bond motifs is 1. The summed E-state index contributed by atoms with van der Waals surface area (Å²) in [5.74, 6) is 0.571. The lowest BCUT2D eigenvalue weighted by atomic mass is 9.67. The molecule has 0 radical (unpaired) electrons. The van der Waals surface area contributed by atoms with E-state index in [0.29, 0.717) is 11.3 Å². The molecule has 1 unspecified atom stereocenters. The quantitative estimate of drug-likeness (QED) is 0.766. The van der Waals surface area contributed by atoms with Crippen molar-refractivity contribution in [1.29, 1.82) is 0 Å². The minimum absolute atomic E-state index is 0.318. The van der Waals surface area contributed by atoms with Crippen LogP contribution in [0.4, 0.5) is 0 Å². The van der Waals surface area contributed by atoms with Gasteiger partial charge in [0.1, 0.15) is 0 Å². The van der Waals surface area contributed by atoms with Gasteiger partial charge in [0.05, 0.1) is 0 Å². The largest absolute Gasteiger partial charge is 0.330 e. The lowest BCUT2D eigenvalue weighted by molar-refractivity contribution is 0.392. The van der Waals surface area contributed by atoms with Crippen LogP contribution in [0.15, 0.2) is 12.1 Å². The van der Waals surface area contributed by atoms with Crippen LogP contribution in [-0.2, 0) is 5.41 Å². The molecule has 1 nitrogen and oxygen atoms in total. The Bertz CT molecular complexity index is 404. The molecule has 1 heteroatoms. The van der Waals surface area contributed by atoms with Crippen molar-refractivity contribution in [2.45, 2.75) is 51.9 Å². The van der Waals surface area contributed by atoms with Gasteiger partial charge in [-0.1, -0.05) is 31.5 Å². The van der Waals surface area contributed by atoms with Crippen LogP contribution in [0.5, 0.6) is 0 Å². The van der Waals surface area contributed by atoms with Crippen LogP contribution in [0.2, 0.25) is 0 Å². The number of hydrogen-bond donors (Lipinski definition) is 1. The Kier molecular flexibility index (Phi) is 2.83. The molecule has 88 valence electrons. The standard InChI is InChI=1S/C15H23N/c1-10-7-11(2)14-13(8-10)12(9-16)5-6-15(14,3)4/h7-8,12H,5-6,9,16H2,1-4H3. The van der Waals surface area contributed by atoms with Gasteiger partial charge in [0.2, 0.25) is 0 Å². The zero-order chi connectivity index (χ0) is 11.9. The van der Waals surface area contributed by atoms with Crippen LogP contribution in [0.3, 0.4) is 0 Å². The maximum atomic E-state index is 5.91. The summed E-state index contributed by atoms with van der Waals surface area (Å²) >= 11 is 0. The highest BCUT2D eigenvalue weighted by Gasteiger charge is 2.33. The Hall–Kier alpha value is -0.820. The second kappa shape index (κ2) is 3.89. The van der Waals surface area contributed by atoms with E-state index in [9.17, 15) is 0 Å². The normalized spacial score (nSPS) is 22.9. The molecule has 0 fully saturated rings. The fourth-order valence-corrected chi connectivity index (χ4v) is 3.31. The molecule has 0 aromatic heterocycles. The molecule has 1 aliphatic rings. The van der Waals surface area contributed by atoms with Crippen molar-refractivity contribution in [3.8, 4) is 0 Å². The van der Waals surface area contributed by atoms with E-state index >= 15 is 0 Å². The smallest absolute Gasteiger partial charge is 0.000812 e. The monoisotopic (exact) mass is 217 g/mol. The third kappa shape index (κ3) is 1.78. The molecule has 0 heterocycles. The number of rotatable bonds is 1. The van der Waals surface area contributed by atoms with Crippen molar-refractivity contribution < 1.29 is 0 Å². The fraction of sp³-hybridized carbons (Fsp3) is 0.600. The first-order chi connectivity index (χ1) is 7.45. The summed E-state index contributed by atoms with van der Waals surface area (Å²) in [6.07, 6.45) is 2.49. The summed E-state index contributed by atoms with van der Waals surface area (Å²) in [6, 6.07) is 4.65. The molecule has 0 aliphatic heterocycles. The minimum atomic E-state index is 0.318. The third-order valence-electron chi connectivity index (χ3n) is 4.03. The van der Waals surface area contributed by atoms with Gasteiger partial charge in [-0.05, 0) is 61.3 Å². The van der Waals surface area contributed by atoms with Crippen LogP contribution in [0.25, 0.3) is 0 Å². The number of nitrogens with two attached hydrogens (primary N) is 1. The molecule has 0 spiro atoms. The Morgan fingerprint density at radius 2 is 2.00 bits per heavy atom. The van der Waals surface area contributed by atoms with Crippen molar-refractivity contribution in [2.24, 2.45) is 5.73 Å². The Labute approximate surface area is 99.0 Å². The van der Waals surface area contributed by atoms with Gasteiger partial charge in [0.25, 0.3) is 0 Å². The van der Waals surface area contributed by atoms with E-state index < -0.39 is 0 Å². The molecule has 16 heavy (non-hydrogen) atoms. The van der Waals surface area contributed by atoms with Crippen molar-refractivity contribution >= 4 is 0 Å². The number of hydrogen-bond acceptors (Lipinski definition) is 1. The molecule has 0 saturated carbocycles. The SMILES string of the molecule is Cc1cc(C)c2c(c1)C(CN)CCC2(C)C. The van der Waals surface area contributed by atoms with Crippen LogP contribution in [0, 0.1) is 13.8 Å². The van der Waals surface area contributed by atoms with Crippen molar-refractivity contribution in [3.63, 3.8) is 0 Å². The summed E-state index contributed by atoms with van der Waals surface area (Å²) in [5, 5.41) is 0. The Balaban J connectivity index is 2.64. The molecule has 1 aromatic carbocycles. The number of benzene rings is 1. The maximum Gasteiger partial charge on any atom is -0.000812 e. The Morgan fingerprint density at radius 1 is 1.31 bits per heavy atom. The zero-order valence-corrected chi connectivity index (χ0v) is 10.9. The lowest BCUT2D eigenvalue weighted by Gasteiger charge is -2.38. The predicted octanol–water partition coefficient (Wildman–Crippen LogP) is 3.42. The van der Waals surface area contributed by atoms with Crippen molar-refractivity contribution in [1.82, 2.24) is 0 Å². The lowest BCUT2D eigenvalue weighted by Crippen LogP contribution is -2.30. The molecule has 0 amide bonds. The van der Waals surface area contributed by atoms with E-state index in [2.05, 4.69) is 39.8 Å².